The second-order valence-electron chi connectivity index (χ2n) is 6.67. The van der Waals surface area contributed by atoms with Crippen molar-refractivity contribution in [3.8, 4) is 0 Å². The summed E-state index contributed by atoms with van der Waals surface area (Å²) in [7, 11) is 0. The molecular formula is C22H12F5IO6. The Morgan fingerprint density at radius 1 is 0.794 bits per heavy atom. The molecule has 0 aliphatic heterocycles. The van der Waals surface area contributed by atoms with Crippen LogP contribution in [-0.2, 0) is 4.79 Å². The molecule has 0 saturated heterocycles. The highest BCUT2D eigenvalue weighted by molar-refractivity contribution is 5.76. The first-order valence-electron chi connectivity index (χ1n) is 9.19. The number of alkyl halides is 5. The molecule has 178 valence electrons. The van der Waals surface area contributed by atoms with E-state index >= 15 is 0 Å². The average Bonchev–Trinajstić information content (AvgIpc) is 2.78. The maximum Gasteiger partial charge on any atom is 0.358 e. The van der Waals surface area contributed by atoms with Crippen LogP contribution in [0, 0.1) is 7.14 Å². The Morgan fingerprint density at radius 2 is 1.21 bits per heavy atom. The van der Waals surface area contributed by atoms with Gasteiger partial charge in [0.05, 0.1) is 0 Å². The van der Waals surface area contributed by atoms with E-state index in [0.717, 1.165) is 17.9 Å². The molecule has 0 saturated carbocycles. The van der Waals surface area contributed by atoms with Crippen molar-refractivity contribution in [3.63, 3.8) is 0 Å². The molecule has 34 heavy (non-hydrogen) atoms. The number of benzene rings is 2. The van der Waals surface area contributed by atoms with Crippen molar-refractivity contribution in [1.29, 1.82) is 0 Å². The second kappa shape index (κ2) is 9.91. The quantitative estimate of drug-likeness (QED) is 0.184. The van der Waals surface area contributed by atoms with Crippen LogP contribution in [0.1, 0.15) is 0 Å². The number of carboxylic acids is 1. The van der Waals surface area contributed by atoms with Crippen molar-refractivity contribution in [2.45, 2.75) is 11.8 Å². The van der Waals surface area contributed by atoms with Gasteiger partial charge in [0.2, 0.25) is 0 Å². The lowest BCUT2D eigenvalue weighted by molar-refractivity contribution is -0.597. The summed E-state index contributed by atoms with van der Waals surface area (Å²) in [6.07, 6.45) is 0. The van der Waals surface area contributed by atoms with E-state index < -0.39 is 45.7 Å². The molecule has 12 heteroatoms. The fourth-order valence-electron chi connectivity index (χ4n) is 2.55. The highest BCUT2D eigenvalue weighted by Crippen LogP contribution is 2.33. The predicted molar refractivity (Wildman–Crippen MR) is 103 cm³/mol. The lowest BCUT2D eigenvalue weighted by atomic mass is 10.2. The van der Waals surface area contributed by atoms with Crippen LogP contribution >= 0.6 is 0 Å². The van der Waals surface area contributed by atoms with Crippen LogP contribution in [-0.4, -0.2) is 24.5 Å². The fraction of sp³-hybridized carbons (Fsp3) is 0.136. The molecule has 2 aromatic carbocycles. The zero-order valence-electron chi connectivity index (χ0n) is 16.7. The van der Waals surface area contributed by atoms with Gasteiger partial charge in [0.25, 0.3) is 0 Å². The topological polar surface area (TPSA) is 101 Å². The van der Waals surface area contributed by atoms with Crippen LogP contribution < -0.4 is 37.6 Å². The Hall–Kier alpha value is -3.29. The zero-order valence-corrected chi connectivity index (χ0v) is 18.9. The second-order valence-corrected chi connectivity index (χ2v) is 9.70. The van der Waals surface area contributed by atoms with E-state index in [0.29, 0.717) is 11.2 Å². The Bertz CT molecular complexity index is 1370. The van der Waals surface area contributed by atoms with Crippen LogP contribution in [0.3, 0.4) is 0 Å². The monoisotopic (exact) mass is 594 g/mol. The molecular weight excluding hydrogens is 582 g/mol. The van der Waals surface area contributed by atoms with Gasteiger partial charge in [0.15, 0.2) is 13.8 Å². The zero-order chi connectivity index (χ0) is 25.1. The number of rotatable bonds is 5. The summed E-state index contributed by atoms with van der Waals surface area (Å²) >= 11 is -0.465. The van der Waals surface area contributed by atoms with Gasteiger partial charge in [0.1, 0.15) is 17.1 Å². The Labute approximate surface area is 196 Å². The van der Waals surface area contributed by atoms with E-state index in [1.54, 1.807) is 12.1 Å². The van der Waals surface area contributed by atoms with Crippen molar-refractivity contribution in [1.82, 2.24) is 0 Å². The smallest absolute Gasteiger partial charge is 0.358 e. The SMILES string of the molecule is O=C([O-])C(F)(F)C(F)(F)CF.O=c1ccc2ccc([I+]c3ccc4ccc(=O)oc4c3)cc2o1. The summed E-state index contributed by atoms with van der Waals surface area (Å²) in [5, 5.41) is 11.1. The van der Waals surface area contributed by atoms with Gasteiger partial charge >= 0.3 is 44.3 Å². The van der Waals surface area contributed by atoms with Gasteiger partial charge in [-0.15, -0.1) is 0 Å². The van der Waals surface area contributed by atoms with E-state index in [-0.39, 0.29) is 11.3 Å². The van der Waals surface area contributed by atoms with Crippen molar-refractivity contribution in [3.05, 3.63) is 88.6 Å². The molecule has 4 aromatic rings. The van der Waals surface area contributed by atoms with E-state index in [1.807, 2.05) is 36.4 Å². The molecule has 0 aliphatic carbocycles. The van der Waals surface area contributed by atoms with Gasteiger partial charge in [-0.25, -0.2) is 14.0 Å². The molecule has 0 amide bonds. The molecule has 2 aromatic heterocycles. The minimum atomic E-state index is -5.46. The maximum atomic E-state index is 11.7. The van der Waals surface area contributed by atoms with Gasteiger partial charge < -0.3 is 18.7 Å². The molecule has 0 fully saturated rings. The third-order valence-corrected chi connectivity index (χ3v) is 6.86. The number of hydrogen-bond donors (Lipinski definition) is 0. The van der Waals surface area contributed by atoms with Gasteiger partial charge in [0, 0.05) is 35.0 Å². The summed E-state index contributed by atoms with van der Waals surface area (Å²) in [6, 6.07) is 18.2. The summed E-state index contributed by atoms with van der Waals surface area (Å²) in [4.78, 5) is 32.0. The van der Waals surface area contributed by atoms with Crippen LogP contribution in [0.5, 0.6) is 0 Å². The van der Waals surface area contributed by atoms with Gasteiger partial charge in [-0.1, -0.05) is 0 Å². The summed E-state index contributed by atoms with van der Waals surface area (Å²) in [5.74, 6) is -14.0. The summed E-state index contributed by atoms with van der Waals surface area (Å²) < 4.78 is 70.4. The average molecular weight is 594 g/mol. The Kier molecular flexibility index (Phi) is 7.38. The number of carboxylic acid groups (broad SMARTS) is 1. The van der Waals surface area contributed by atoms with Crippen molar-refractivity contribution < 1.29 is 61.9 Å². The number of fused-ring (bicyclic) bond motifs is 2. The standard InChI is InChI=1S/C18H10IO4.C4H3F5O2/c20-17-7-3-11-1-5-13(9-15(11)22-17)19-14-6-2-12-4-8-18(21)23-16(12)10-14;5-1-3(6,7)4(8,9)2(10)11/h1-10H;1H2,(H,10,11)/q+1;/p-1. The number of carbonyl (C=O) groups excluding carboxylic acids is 1. The molecule has 0 atom stereocenters. The number of aliphatic carboxylic acids is 1. The van der Waals surface area contributed by atoms with Gasteiger partial charge in [-0.3, -0.25) is 0 Å². The van der Waals surface area contributed by atoms with E-state index in [1.165, 1.54) is 12.1 Å². The van der Waals surface area contributed by atoms with Crippen molar-refractivity contribution in [2.24, 2.45) is 0 Å². The normalized spacial score (nSPS) is 11.8. The van der Waals surface area contributed by atoms with Gasteiger partial charge in [-0.05, 0) is 36.4 Å². The largest absolute Gasteiger partial charge is 0.544 e. The van der Waals surface area contributed by atoms with Crippen LogP contribution in [0.25, 0.3) is 21.9 Å². The van der Waals surface area contributed by atoms with Crippen molar-refractivity contribution >= 4 is 27.9 Å². The lowest BCUT2D eigenvalue weighted by Gasteiger charge is -2.24. The van der Waals surface area contributed by atoms with Crippen LogP contribution in [0.15, 0.2) is 79.1 Å². The highest BCUT2D eigenvalue weighted by Gasteiger charge is 2.57. The number of carbonyl (C=O) groups is 1. The molecule has 0 bridgehead atoms. The first-order valence-corrected chi connectivity index (χ1v) is 11.3. The molecule has 0 N–H and O–H groups in total. The first kappa shape index (κ1) is 25.3. The minimum absolute atomic E-state index is 0.347. The molecule has 0 radical (unpaired) electrons. The molecule has 2 heterocycles. The van der Waals surface area contributed by atoms with Crippen LogP contribution in [0.4, 0.5) is 22.0 Å². The fourth-order valence-corrected chi connectivity index (χ4v) is 4.86. The lowest BCUT2D eigenvalue weighted by Crippen LogP contribution is -3.61. The Balaban J connectivity index is 0.000000252. The highest BCUT2D eigenvalue weighted by atomic mass is 127. The third-order valence-electron chi connectivity index (χ3n) is 4.27. The first-order chi connectivity index (χ1) is 15.9. The van der Waals surface area contributed by atoms with Gasteiger partial charge in [-0.2, -0.15) is 17.6 Å². The molecule has 0 unspecified atom stereocenters. The maximum absolute atomic E-state index is 11.7. The minimum Gasteiger partial charge on any atom is -0.544 e. The third kappa shape index (κ3) is 5.61. The summed E-state index contributed by atoms with van der Waals surface area (Å²) in [5.41, 5.74) is 0.504. The van der Waals surface area contributed by atoms with E-state index in [9.17, 15) is 41.4 Å². The molecule has 0 spiro atoms. The predicted octanol–water partition coefficient (Wildman–Crippen LogP) is 0.00420. The summed E-state index contributed by atoms with van der Waals surface area (Å²) in [6.45, 7) is -2.74. The van der Waals surface area contributed by atoms with E-state index in [4.69, 9.17) is 8.83 Å². The number of halogens is 6. The Morgan fingerprint density at radius 3 is 1.56 bits per heavy atom. The van der Waals surface area contributed by atoms with Crippen LogP contribution in [0.2, 0.25) is 0 Å². The van der Waals surface area contributed by atoms with E-state index in [2.05, 4.69) is 0 Å². The molecule has 6 nitrogen and oxygen atoms in total. The number of hydrogen-bond acceptors (Lipinski definition) is 6. The molecule has 0 aliphatic rings. The van der Waals surface area contributed by atoms with Crippen molar-refractivity contribution in [2.75, 3.05) is 6.67 Å². The molecule has 4 rings (SSSR count).